The number of rotatable bonds is 4. The maximum atomic E-state index is 11.9. The van der Waals surface area contributed by atoms with Crippen LogP contribution in [0.25, 0.3) is 11.4 Å². The second kappa shape index (κ2) is 5.70. The van der Waals surface area contributed by atoms with Crippen LogP contribution in [0.4, 0.5) is 0 Å². The number of thiophene rings is 1. The summed E-state index contributed by atoms with van der Waals surface area (Å²) in [7, 11) is 0. The predicted octanol–water partition coefficient (Wildman–Crippen LogP) is 1.71. The van der Waals surface area contributed by atoms with Gasteiger partial charge < -0.3 is 5.32 Å². The van der Waals surface area contributed by atoms with E-state index in [9.17, 15) is 4.79 Å². The van der Waals surface area contributed by atoms with Crippen molar-refractivity contribution in [2.75, 3.05) is 0 Å². The number of hydrogen-bond donors (Lipinski definition) is 1. The van der Waals surface area contributed by atoms with Gasteiger partial charge in [0, 0.05) is 17.0 Å². The summed E-state index contributed by atoms with van der Waals surface area (Å²) in [4.78, 5) is 13.3. The van der Waals surface area contributed by atoms with Gasteiger partial charge in [0.15, 0.2) is 0 Å². The third-order valence-electron chi connectivity index (χ3n) is 3.58. The molecular weight excluding hydrogens is 274 g/mol. The minimum Gasteiger partial charge on any atom is -0.352 e. The molecule has 1 aliphatic carbocycles. The first-order valence-corrected chi connectivity index (χ1v) is 7.75. The van der Waals surface area contributed by atoms with Crippen molar-refractivity contribution < 1.29 is 4.79 Å². The molecule has 2 atom stereocenters. The maximum absolute atomic E-state index is 11.9. The fourth-order valence-corrected chi connectivity index (χ4v) is 3.19. The normalized spacial score (nSPS) is 22.1. The first-order valence-electron chi connectivity index (χ1n) is 6.80. The Hall–Kier alpha value is -1.76. The van der Waals surface area contributed by atoms with Crippen LogP contribution >= 0.6 is 11.3 Å². The summed E-state index contributed by atoms with van der Waals surface area (Å²) in [5.41, 5.74) is 0.936. The van der Waals surface area contributed by atoms with Gasteiger partial charge in [-0.15, -0.1) is 10.2 Å². The third kappa shape index (κ3) is 3.04. The van der Waals surface area contributed by atoms with Gasteiger partial charge in [0.25, 0.3) is 0 Å². The summed E-state index contributed by atoms with van der Waals surface area (Å²) in [6.45, 7) is 2.35. The zero-order valence-electron chi connectivity index (χ0n) is 11.3. The molecule has 1 saturated carbocycles. The van der Waals surface area contributed by atoms with Gasteiger partial charge in [0.2, 0.25) is 11.7 Å². The summed E-state index contributed by atoms with van der Waals surface area (Å²) in [5.74, 6) is 1.22. The fraction of sp³-hybridized carbons (Fsp3) is 0.538. The Morgan fingerprint density at radius 3 is 3.15 bits per heavy atom. The van der Waals surface area contributed by atoms with E-state index in [1.165, 1.54) is 11.2 Å². The average molecular weight is 291 g/mol. The average Bonchev–Trinajstić information content (AvgIpc) is 3.10. The lowest BCUT2D eigenvalue weighted by Crippen LogP contribution is -2.35. The molecule has 106 valence electrons. The molecule has 0 aliphatic heterocycles. The van der Waals surface area contributed by atoms with Crippen LogP contribution in [0.1, 0.15) is 26.2 Å². The van der Waals surface area contributed by atoms with Gasteiger partial charge in [-0.3, -0.25) is 4.79 Å². The van der Waals surface area contributed by atoms with Crippen LogP contribution in [0.5, 0.6) is 0 Å². The monoisotopic (exact) mass is 291 g/mol. The molecular formula is C13H17N5OS. The number of carbonyl (C=O) groups excluding carboxylic acids is 1. The Morgan fingerprint density at radius 1 is 1.55 bits per heavy atom. The zero-order chi connectivity index (χ0) is 13.9. The van der Waals surface area contributed by atoms with Gasteiger partial charge in [-0.2, -0.15) is 16.1 Å². The molecule has 0 radical (unpaired) electrons. The molecule has 1 fully saturated rings. The molecule has 0 bridgehead atoms. The van der Waals surface area contributed by atoms with E-state index in [2.05, 4.69) is 27.7 Å². The van der Waals surface area contributed by atoms with Crippen LogP contribution in [-0.2, 0) is 11.3 Å². The number of hydrogen-bond acceptors (Lipinski definition) is 5. The minimum atomic E-state index is -0.0432. The third-order valence-corrected chi connectivity index (χ3v) is 4.26. The highest BCUT2D eigenvalue weighted by Crippen LogP contribution is 2.24. The Labute approximate surface area is 121 Å². The standard InChI is InChI=1S/C13H17N5OS/c1-9-2-3-11(6-9)14-12(19)7-18-16-13(15-17-18)10-4-5-20-8-10/h4-5,8-9,11H,2-3,6-7H2,1H3,(H,14,19). The van der Waals surface area contributed by atoms with Crippen LogP contribution in [0.2, 0.25) is 0 Å². The van der Waals surface area contributed by atoms with Crippen LogP contribution in [0.15, 0.2) is 16.8 Å². The molecule has 7 heteroatoms. The predicted molar refractivity (Wildman–Crippen MR) is 76.1 cm³/mol. The van der Waals surface area contributed by atoms with Crippen LogP contribution in [0.3, 0.4) is 0 Å². The molecule has 1 N–H and O–H groups in total. The van der Waals surface area contributed by atoms with E-state index in [0.29, 0.717) is 17.8 Å². The van der Waals surface area contributed by atoms with E-state index in [4.69, 9.17) is 0 Å². The molecule has 6 nitrogen and oxygen atoms in total. The zero-order valence-corrected chi connectivity index (χ0v) is 12.1. The van der Waals surface area contributed by atoms with Crippen molar-refractivity contribution in [1.82, 2.24) is 25.5 Å². The first kappa shape index (κ1) is 13.2. The summed E-state index contributed by atoms with van der Waals surface area (Å²) in [6, 6.07) is 2.24. The molecule has 20 heavy (non-hydrogen) atoms. The quantitative estimate of drug-likeness (QED) is 0.930. The topological polar surface area (TPSA) is 72.7 Å². The minimum absolute atomic E-state index is 0.0432. The number of carbonyl (C=O) groups is 1. The van der Waals surface area contributed by atoms with Crippen LogP contribution in [-0.4, -0.2) is 32.2 Å². The highest BCUT2D eigenvalue weighted by atomic mass is 32.1. The number of aromatic nitrogens is 4. The maximum Gasteiger partial charge on any atom is 0.243 e. The van der Waals surface area contributed by atoms with Crippen LogP contribution < -0.4 is 5.32 Å². The van der Waals surface area contributed by atoms with Crippen molar-refractivity contribution in [2.24, 2.45) is 5.92 Å². The highest BCUT2D eigenvalue weighted by Gasteiger charge is 2.23. The Morgan fingerprint density at radius 2 is 2.45 bits per heavy atom. The van der Waals surface area contributed by atoms with Crippen molar-refractivity contribution in [3.05, 3.63) is 16.8 Å². The molecule has 1 aliphatic rings. The number of nitrogens with one attached hydrogen (secondary N) is 1. The lowest BCUT2D eigenvalue weighted by atomic mass is 10.1. The molecule has 0 spiro atoms. The lowest BCUT2D eigenvalue weighted by Gasteiger charge is -2.11. The van der Waals surface area contributed by atoms with Crippen molar-refractivity contribution >= 4 is 17.2 Å². The van der Waals surface area contributed by atoms with E-state index in [-0.39, 0.29) is 12.5 Å². The van der Waals surface area contributed by atoms with E-state index < -0.39 is 0 Å². The van der Waals surface area contributed by atoms with Crippen molar-refractivity contribution in [3.8, 4) is 11.4 Å². The molecule has 2 unspecified atom stereocenters. The molecule has 2 aromatic heterocycles. The van der Waals surface area contributed by atoms with Crippen molar-refractivity contribution in [2.45, 2.75) is 38.8 Å². The summed E-state index contributed by atoms with van der Waals surface area (Å²) in [6.07, 6.45) is 3.32. The van der Waals surface area contributed by atoms with E-state index in [0.717, 1.165) is 18.4 Å². The first-order chi connectivity index (χ1) is 9.70. The molecule has 0 saturated heterocycles. The van der Waals surface area contributed by atoms with E-state index >= 15 is 0 Å². The van der Waals surface area contributed by atoms with Gasteiger partial charge in [-0.1, -0.05) is 6.92 Å². The van der Waals surface area contributed by atoms with Crippen molar-refractivity contribution in [3.63, 3.8) is 0 Å². The second-order valence-electron chi connectivity index (χ2n) is 5.34. The van der Waals surface area contributed by atoms with Gasteiger partial charge in [-0.25, -0.2) is 0 Å². The summed E-state index contributed by atoms with van der Waals surface area (Å²) < 4.78 is 0. The molecule has 1 amide bonds. The molecule has 2 heterocycles. The summed E-state index contributed by atoms with van der Waals surface area (Å²) >= 11 is 1.58. The summed E-state index contributed by atoms with van der Waals surface area (Å²) in [5, 5.41) is 19.1. The van der Waals surface area contributed by atoms with Crippen molar-refractivity contribution in [1.29, 1.82) is 0 Å². The molecule has 3 rings (SSSR count). The Kier molecular flexibility index (Phi) is 3.77. The van der Waals surface area contributed by atoms with E-state index in [1.807, 2.05) is 16.8 Å². The van der Waals surface area contributed by atoms with Gasteiger partial charge in [0.05, 0.1) is 0 Å². The van der Waals surface area contributed by atoms with Crippen LogP contribution in [0, 0.1) is 5.92 Å². The van der Waals surface area contributed by atoms with Gasteiger partial charge in [-0.05, 0) is 41.8 Å². The number of nitrogens with zero attached hydrogens (tertiary/aromatic N) is 4. The largest absolute Gasteiger partial charge is 0.352 e. The fourth-order valence-electron chi connectivity index (χ4n) is 2.56. The smallest absolute Gasteiger partial charge is 0.243 e. The van der Waals surface area contributed by atoms with E-state index in [1.54, 1.807) is 11.3 Å². The Balaban J connectivity index is 1.56. The SMILES string of the molecule is CC1CCC(NC(=O)Cn2nnc(-c3ccsc3)n2)C1. The van der Waals surface area contributed by atoms with Gasteiger partial charge >= 0.3 is 0 Å². The molecule has 0 aromatic carbocycles. The highest BCUT2D eigenvalue weighted by molar-refractivity contribution is 7.08. The number of amides is 1. The molecule has 2 aromatic rings. The van der Waals surface area contributed by atoms with Gasteiger partial charge in [0.1, 0.15) is 6.54 Å². The lowest BCUT2D eigenvalue weighted by molar-refractivity contribution is -0.122. The Bertz CT molecular complexity index is 579. The number of tetrazole rings is 1. The second-order valence-corrected chi connectivity index (χ2v) is 6.12.